The van der Waals surface area contributed by atoms with Crippen LogP contribution in [0.5, 0.6) is 0 Å². The lowest BCUT2D eigenvalue weighted by Crippen LogP contribution is -2.36. The predicted molar refractivity (Wildman–Crippen MR) is 63.9 cm³/mol. The second-order valence-electron chi connectivity index (χ2n) is 4.53. The van der Waals surface area contributed by atoms with Crippen LogP contribution < -0.4 is 11.1 Å². The van der Waals surface area contributed by atoms with Crippen molar-refractivity contribution in [2.24, 2.45) is 5.73 Å². The molecule has 4 heteroatoms. The molecule has 88 valence electrons. The lowest BCUT2D eigenvalue weighted by Gasteiger charge is -2.18. The summed E-state index contributed by atoms with van der Waals surface area (Å²) in [5.74, 6) is -0.145. The molecule has 0 aliphatic heterocycles. The van der Waals surface area contributed by atoms with Gasteiger partial charge in [0.15, 0.2) is 0 Å². The number of benzene rings is 1. The van der Waals surface area contributed by atoms with Crippen LogP contribution in [0.15, 0.2) is 24.3 Å². The van der Waals surface area contributed by atoms with E-state index in [4.69, 9.17) is 10.8 Å². The van der Waals surface area contributed by atoms with E-state index in [1.807, 2.05) is 12.1 Å². The van der Waals surface area contributed by atoms with Gasteiger partial charge in [0.2, 0.25) is 5.91 Å². The number of anilines is 1. The fourth-order valence-electron chi connectivity index (χ4n) is 1.39. The van der Waals surface area contributed by atoms with Crippen molar-refractivity contribution in [1.82, 2.24) is 0 Å². The fourth-order valence-corrected chi connectivity index (χ4v) is 1.39. The van der Waals surface area contributed by atoms with Gasteiger partial charge in [0.25, 0.3) is 0 Å². The largest absolute Gasteiger partial charge is 0.392 e. The smallest absolute Gasteiger partial charge is 0.226 e. The normalized spacial score (nSPS) is 11.2. The molecule has 0 unspecified atom stereocenters. The van der Waals surface area contributed by atoms with Crippen LogP contribution in [-0.2, 0) is 11.4 Å². The van der Waals surface area contributed by atoms with Gasteiger partial charge in [0.1, 0.15) is 0 Å². The number of hydrogen-bond acceptors (Lipinski definition) is 3. The molecule has 1 aromatic rings. The Morgan fingerprint density at radius 3 is 2.62 bits per heavy atom. The van der Waals surface area contributed by atoms with Gasteiger partial charge in [-0.1, -0.05) is 18.2 Å². The molecule has 0 aliphatic rings. The van der Waals surface area contributed by atoms with E-state index in [0.29, 0.717) is 11.3 Å². The molecule has 0 saturated heterocycles. The Hall–Kier alpha value is -1.39. The lowest BCUT2D eigenvalue weighted by molar-refractivity contribution is -0.117. The van der Waals surface area contributed by atoms with E-state index in [0.717, 1.165) is 0 Å². The van der Waals surface area contributed by atoms with Crippen LogP contribution in [0, 0.1) is 0 Å². The molecule has 0 aromatic heterocycles. The van der Waals surface area contributed by atoms with Gasteiger partial charge in [-0.05, 0) is 19.9 Å². The molecule has 0 bridgehead atoms. The van der Waals surface area contributed by atoms with E-state index in [2.05, 4.69) is 5.32 Å². The van der Waals surface area contributed by atoms with E-state index in [1.54, 1.807) is 26.0 Å². The standard InChI is InChI=1S/C12H18N2O2/c1-12(2,13)7-11(16)14-10-6-4-3-5-9(10)8-15/h3-6,15H,7-8,13H2,1-2H3,(H,14,16). The van der Waals surface area contributed by atoms with Gasteiger partial charge in [-0.15, -0.1) is 0 Å². The highest BCUT2D eigenvalue weighted by atomic mass is 16.3. The molecule has 0 heterocycles. The highest BCUT2D eigenvalue weighted by Crippen LogP contribution is 2.16. The first-order valence-corrected chi connectivity index (χ1v) is 5.20. The Morgan fingerprint density at radius 1 is 1.44 bits per heavy atom. The van der Waals surface area contributed by atoms with Crippen molar-refractivity contribution in [3.63, 3.8) is 0 Å². The van der Waals surface area contributed by atoms with E-state index in [9.17, 15) is 4.79 Å². The molecule has 4 N–H and O–H groups in total. The first-order chi connectivity index (χ1) is 7.42. The number of aliphatic hydroxyl groups is 1. The number of rotatable bonds is 4. The van der Waals surface area contributed by atoms with E-state index in [-0.39, 0.29) is 18.9 Å². The monoisotopic (exact) mass is 222 g/mol. The summed E-state index contributed by atoms with van der Waals surface area (Å²) in [5.41, 5.74) is 6.56. The average Bonchev–Trinajstić information content (AvgIpc) is 2.15. The van der Waals surface area contributed by atoms with Crippen molar-refractivity contribution in [1.29, 1.82) is 0 Å². The molecule has 0 spiro atoms. The maximum Gasteiger partial charge on any atom is 0.226 e. The molecule has 1 rings (SSSR count). The van der Waals surface area contributed by atoms with Crippen molar-refractivity contribution in [2.75, 3.05) is 5.32 Å². The van der Waals surface area contributed by atoms with Crippen LogP contribution in [0.1, 0.15) is 25.8 Å². The first kappa shape index (κ1) is 12.7. The highest BCUT2D eigenvalue weighted by molar-refractivity contribution is 5.92. The Labute approximate surface area is 95.5 Å². The number of amides is 1. The molecule has 0 fully saturated rings. The Morgan fingerprint density at radius 2 is 2.06 bits per heavy atom. The quantitative estimate of drug-likeness (QED) is 0.717. The molecule has 0 saturated carbocycles. The summed E-state index contributed by atoms with van der Waals surface area (Å²) in [6.45, 7) is 3.50. The van der Waals surface area contributed by atoms with E-state index in [1.165, 1.54) is 0 Å². The summed E-state index contributed by atoms with van der Waals surface area (Å²) in [6.07, 6.45) is 0.243. The van der Waals surface area contributed by atoms with Gasteiger partial charge in [-0.2, -0.15) is 0 Å². The number of hydrogen-bond donors (Lipinski definition) is 3. The maximum absolute atomic E-state index is 11.6. The molecular weight excluding hydrogens is 204 g/mol. The number of nitrogens with two attached hydrogens (primary N) is 1. The Bertz CT molecular complexity index is 370. The molecule has 16 heavy (non-hydrogen) atoms. The SMILES string of the molecule is CC(C)(N)CC(=O)Nc1ccccc1CO. The second-order valence-corrected chi connectivity index (χ2v) is 4.53. The fraction of sp³-hybridized carbons (Fsp3) is 0.417. The zero-order valence-electron chi connectivity index (χ0n) is 9.66. The number of carbonyl (C=O) groups excluding carboxylic acids is 1. The summed E-state index contributed by atoms with van der Waals surface area (Å²) in [4.78, 5) is 11.6. The van der Waals surface area contributed by atoms with E-state index >= 15 is 0 Å². The molecule has 0 radical (unpaired) electrons. The lowest BCUT2D eigenvalue weighted by atomic mass is 10.0. The van der Waals surface area contributed by atoms with Crippen LogP contribution in [0.2, 0.25) is 0 Å². The Kier molecular flexibility index (Phi) is 4.04. The van der Waals surface area contributed by atoms with Crippen LogP contribution in [0.3, 0.4) is 0 Å². The third-order valence-electron chi connectivity index (χ3n) is 2.08. The van der Waals surface area contributed by atoms with Crippen LogP contribution in [0.4, 0.5) is 5.69 Å². The van der Waals surface area contributed by atoms with Crippen molar-refractivity contribution in [3.05, 3.63) is 29.8 Å². The van der Waals surface area contributed by atoms with Gasteiger partial charge in [0.05, 0.1) is 6.61 Å². The van der Waals surface area contributed by atoms with Crippen molar-refractivity contribution in [2.45, 2.75) is 32.4 Å². The number of para-hydroxylation sites is 1. The molecule has 1 aromatic carbocycles. The third kappa shape index (κ3) is 4.00. The molecule has 0 atom stereocenters. The summed E-state index contributed by atoms with van der Waals surface area (Å²) in [7, 11) is 0. The minimum Gasteiger partial charge on any atom is -0.392 e. The summed E-state index contributed by atoms with van der Waals surface area (Å²) >= 11 is 0. The summed E-state index contributed by atoms with van der Waals surface area (Å²) < 4.78 is 0. The van der Waals surface area contributed by atoms with Crippen LogP contribution in [-0.4, -0.2) is 16.6 Å². The highest BCUT2D eigenvalue weighted by Gasteiger charge is 2.16. The van der Waals surface area contributed by atoms with Crippen molar-refractivity contribution < 1.29 is 9.90 Å². The number of carbonyl (C=O) groups is 1. The zero-order chi connectivity index (χ0) is 12.2. The summed E-state index contributed by atoms with van der Waals surface area (Å²) in [5, 5.41) is 11.8. The average molecular weight is 222 g/mol. The topological polar surface area (TPSA) is 75.4 Å². The molecule has 0 aliphatic carbocycles. The van der Waals surface area contributed by atoms with Crippen molar-refractivity contribution in [3.8, 4) is 0 Å². The van der Waals surface area contributed by atoms with Crippen LogP contribution >= 0.6 is 0 Å². The molecule has 4 nitrogen and oxygen atoms in total. The zero-order valence-corrected chi connectivity index (χ0v) is 9.66. The molecule has 1 amide bonds. The number of nitrogens with one attached hydrogen (secondary N) is 1. The maximum atomic E-state index is 11.6. The van der Waals surface area contributed by atoms with Gasteiger partial charge >= 0.3 is 0 Å². The van der Waals surface area contributed by atoms with Gasteiger partial charge in [-0.25, -0.2) is 0 Å². The first-order valence-electron chi connectivity index (χ1n) is 5.20. The minimum absolute atomic E-state index is 0.0948. The van der Waals surface area contributed by atoms with Gasteiger partial charge in [0, 0.05) is 23.2 Å². The second kappa shape index (κ2) is 5.09. The Balaban J connectivity index is 2.70. The van der Waals surface area contributed by atoms with Crippen molar-refractivity contribution >= 4 is 11.6 Å². The van der Waals surface area contributed by atoms with Gasteiger partial charge in [-0.3, -0.25) is 4.79 Å². The minimum atomic E-state index is -0.530. The summed E-state index contributed by atoms with van der Waals surface area (Å²) in [6, 6.07) is 7.15. The predicted octanol–water partition coefficient (Wildman–Crippen LogP) is 1.24. The van der Waals surface area contributed by atoms with E-state index < -0.39 is 5.54 Å². The number of aliphatic hydroxyl groups excluding tert-OH is 1. The molecular formula is C12H18N2O2. The van der Waals surface area contributed by atoms with Gasteiger partial charge < -0.3 is 16.2 Å². The third-order valence-corrected chi connectivity index (χ3v) is 2.08. The van der Waals surface area contributed by atoms with Crippen LogP contribution in [0.25, 0.3) is 0 Å².